The van der Waals surface area contributed by atoms with Gasteiger partial charge in [-0.1, -0.05) is 24.8 Å². The predicted molar refractivity (Wildman–Crippen MR) is 109 cm³/mol. The summed E-state index contributed by atoms with van der Waals surface area (Å²) in [6.07, 6.45) is 13.2. The Morgan fingerprint density at radius 3 is 3.00 bits per heavy atom. The zero-order chi connectivity index (χ0) is 20.1. The molecule has 0 bridgehead atoms. The van der Waals surface area contributed by atoms with Crippen LogP contribution in [0.15, 0.2) is 54.1 Å². The maximum Gasteiger partial charge on any atom is 0.246 e. The van der Waals surface area contributed by atoms with Gasteiger partial charge in [-0.3, -0.25) is 13.8 Å². The minimum atomic E-state index is -0.468. The van der Waals surface area contributed by atoms with Gasteiger partial charge >= 0.3 is 0 Å². The van der Waals surface area contributed by atoms with Crippen molar-refractivity contribution in [3.8, 4) is 0 Å². The number of alkyl halides is 1. The van der Waals surface area contributed by atoms with Crippen LogP contribution in [-0.4, -0.2) is 57.9 Å². The van der Waals surface area contributed by atoms with Crippen molar-refractivity contribution in [3.63, 3.8) is 0 Å². The zero-order valence-electron chi connectivity index (χ0n) is 16.0. The Balaban J connectivity index is 1.96. The summed E-state index contributed by atoms with van der Waals surface area (Å²) in [5, 5.41) is 0. The molecule has 0 atom stereocenters. The average Bonchev–Trinajstić information content (AvgIpc) is 3.20. The van der Waals surface area contributed by atoms with E-state index >= 15 is 0 Å². The van der Waals surface area contributed by atoms with Gasteiger partial charge in [0.05, 0.1) is 13.2 Å². The van der Waals surface area contributed by atoms with Crippen LogP contribution in [-0.2, 0) is 4.79 Å². The third-order valence-electron chi connectivity index (χ3n) is 4.76. The number of likely N-dealkylation sites (N-methyl/N-ethyl adjacent to an activating group) is 1. The lowest BCUT2D eigenvalue weighted by Crippen LogP contribution is -2.51. The van der Waals surface area contributed by atoms with E-state index in [2.05, 4.69) is 22.6 Å². The predicted octanol–water partition coefficient (Wildman–Crippen LogP) is 2.38. The first-order valence-electron chi connectivity index (χ1n) is 9.24. The third kappa shape index (κ3) is 3.90. The summed E-state index contributed by atoms with van der Waals surface area (Å²) < 4.78 is 14.5. The molecule has 1 aromatic rings. The lowest BCUT2D eigenvalue weighted by atomic mass is 10.0. The Hall–Kier alpha value is -3.16. The average molecular weight is 384 g/mol. The number of hydrogen-bond donors (Lipinski definition) is 1. The second-order valence-electron chi connectivity index (χ2n) is 6.60. The molecule has 148 valence electrons. The number of imidazole rings is 1. The molecule has 0 saturated carbocycles. The summed E-state index contributed by atoms with van der Waals surface area (Å²) >= 11 is 0. The summed E-state index contributed by atoms with van der Waals surface area (Å²) in [5.74, 6) is 1.61. The number of nitrogens with two attached hydrogens (primary N) is 1. The van der Waals surface area contributed by atoms with E-state index in [-0.39, 0.29) is 12.5 Å². The third-order valence-corrected chi connectivity index (χ3v) is 4.76. The molecule has 2 aliphatic rings. The van der Waals surface area contributed by atoms with Crippen molar-refractivity contribution >= 4 is 23.1 Å². The molecule has 0 unspecified atom stereocenters. The molecular weight excluding hydrogens is 359 g/mol. The fourth-order valence-electron chi connectivity index (χ4n) is 3.25. The largest absolute Gasteiger partial charge is 0.403 e. The Labute approximate surface area is 164 Å². The fourth-order valence-corrected chi connectivity index (χ4v) is 3.25. The van der Waals surface area contributed by atoms with Crippen LogP contribution >= 0.6 is 0 Å². The second kappa shape index (κ2) is 8.69. The maximum atomic E-state index is 12.7. The Kier molecular flexibility index (Phi) is 6.08. The van der Waals surface area contributed by atoms with Crippen LogP contribution in [0.1, 0.15) is 25.1 Å². The monoisotopic (exact) mass is 384 g/mol. The van der Waals surface area contributed by atoms with E-state index in [9.17, 15) is 9.18 Å². The number of carbonyl (C=O) groups is 1. The summed E-state index contributed by atoms with van der Waals surface area (Å²) in [4.78, 5) is 24.6. The minimum Gasteiger partial charge on any atom is -0.403 e. The molecule has 2 N–H and O–H groups in total. The quantitative estimate of drug-likeness (QED) is 0.817. The van der Waals surface area contributed by atoms with E-state index in [1.54, 1.807) is 24.3 Å². The molecule has 2 heterocycles. The minimum absolute atomic E-state index is 0.118. The number of rotatable bonds is 6. The molecule has 8 heteroatoms. The first-order valence-corrected chi connectivity index (χ1v) is 9.24. The number of halogens is 1. The van der Waals surface area contributed by atoms with E-state index < -0.39 is 6.67 Å². The number of hydrogen-bond acceptors (Lipinski definition) is 4. The van der Waals surface area contributed by atoms with Crippen molar-refractivity contribution in [3.05, 3.63) is 54.9 Å². The van der Waals surface area contributed by atoms with Crippen LogP contribution in [0.25, 0.3) is 11.4 Å². The van der Waals surface area contributed by atoms with Gasteiger partial charge in [0, 0.05) is 32.2 Å². The molecule has 1 aromatic heterocycles. The van der Waals surface area contributed by atoms with Crippen molar-refractivity contribution < 1.29 is 9.18 Å². The molecule has 1 saturated heterocycles. The molecule has 3 rings (SSSR count). The number of piperazine rings is 1. The van der Waals surface area contributed by atoms with Gasteiger partial charge < -0.3 is 15.5 Å². The highest BCUT2D eigenvalue weighted by Gasteiger charge is 2.31. The summed E-state index contributed by atoms with van der Waals surface area (Å²) in [5.41, 5.74) is 7.35. The van der Waals surface area contributed by atoms with Gasteiger partial charge in [0.15, 0.2) is 5.84 Å². The van der Waals surface area contributed by atoms with Crippen molar-refractivity contribution in [2.75, 3.05) is 26.8 Å². The van der Waals surface area contributed by atoms with Crippen molar-refractivity contribution in [2.24, 2.45) is 10.7 Å². The number of amides is 1. The molecule has 1 fully saturated rings. The summed E-state index contributed by atoms with van der Waals surface area (Å²) in [6.45, 7) is 4.11. The molecule has 1 aliphatic carbocycles. The first kappa shape index (κ1) is 19.6. The molecule has 0 aromatic carbocycles. The molecule has 0 spiro atoms. The van der Waals surface area contributed by atoms with Gasteiger partial charge in [0.2, 0.25) is 5.91 Å². The highest BCUT2D eigenvalue weighted by Crippen LogP contribution is 2.25. The summed E-state index contributed by atoms with van der Waals surface area (Å²) in [7, 11) is 1.65. The highest BCUT2D eigenvalue weighted by molar-refractivity contribution is 6.07. The second-order valence-corrected chi connectivity index (χ2v) is 6.60. The molecule has 1 amide bonds. The number of carbonyl (C=O) groups excluding carboxylic acids is 1. The number of allylic oxidation sites excluding steroid dienone is 4. The molecule has 0 radical (unpaired) electrons. The van der Waals surface area contributed by atoms with Crippen LogP contribution in [0.2, 0.25) is 0 Å². The Bertz CT molecular complexity index is 879. The standard InChI is InChI=1S/C20H25FN6O/c1-15(27-12-10-23-19(27)16-7-4-3-5-8-16)24-20-17(13-22)25(2)18(28)14-26(20)11-6-9-21/h3-4,7,10,12-13H,1,5-6,8-9,11,14,22H2,2H3/b17-13+,24-20?. The van der Waals surface area contributed by atoms with E-state index in [1.807, 2.05) is 16.7 Å². The first-order chi connectivity index (χ1) is 13.6. The molecule has 28 heavy (non-hydrogen) atoms. The van der Waals surface area contributed by atoms with Gasteiger partial charge in [-0.25, -0.2) is 9.98 Å². The number of nitrogens with zero attached hydrogens (tertiary/aromatic N) is 5. The van der Waals surface area contributed by atoms with Gasteiger partial charge in [-0.15, -0.1) is 0 Å². The van der Waals surface area contributed by atoms with E-state index in [1.165, 1.54) is 11.1 Å². The van der Waals surface area contributed by atoms with Gasteiger partial charge in [0.25, 0.3) is 0 Å². The van der Waals surface area contributed by atoms with Crippen molar-refractivity contribution in [1.82, 2.24) is 19.4 Å². The van der Waals surface area contributed by atoms with Crippen LogP contribution in [0.4, 0.5) is 4.39 Å². The Morgan fingerprint density at radius 2 is 2.32 bits per heavy atom. The van der Waals surface area contributed by atoms with Gasteiger partial charge in [-0.2, -0.15) is 0 Å². The smallest absolute Gasteiger partial charge is 0.246 e. The number of aromatic nitrogens is 2. The highest BCUT2D eigenvalue weighted by atomic mass is 19.1. The van der Waals surface area contributed by atoms with Crippen LogP contribution in [0.5, 0.6) is 0 Å². The SMILES string of the molecule is C=C(N=C1/C(=C\N)N(C)C(=O)CN1CCCF)n1ccnc1C1=CC=CCC1. The fraction of sp³-hybridized carbons (Fsp3) is 0.350. The van der Waals surface area contributed by atoms with E-state index in [4.69, 9.17) is 5.73 Å². The van der Waals surface area contributed by atoms with Gasteiger partial charge in [0.1, 0.15) is 17.3 Å². The van der Waals surface area contributed by atoms with Gasteiger partial charge in [-0.05, 0) is 24.8 Å². The normalized spacial score (nSPS) is 20.2. The van der Waals surface area contributed by atoms with Crippen molar-refractivity contribution in [1.29, 1.82) is 0 Å². The zero-order valence-corrected chi connectivity index (χ0v) is 16.0. The van der Waals surface area contributed by atoms with Crippen LogP contribution in [0, 0.1) is 0 Å². The van der Waals surface area contributed by atoms with Crippen LogP contribution < -0.4 is 5.73 Å². The maximum absolute atomic E-state index is 12.7. The summed E-state index contributed by atoms with van der Waals surface area (Å²) in [6, 6.07) is 0. The topological polar surface area (TPSA) is 79.8 Å². The lowest BCUT2D eigenvalue weighted by molar-refractivity contribution is -0.129. The molecule has 7 nitrogen and oxygen atoms in total. The van der Waals surface area contributed by atoms with Crippen LogP contribution in [0.3, 0.4) is 0 Å². The lowest BCUT2D eigenvalue weighted by Gasteiger charge is -2.36. The Morgan fingerprint density at radius 1 is 1.50 bits per heavy atom. The van der Waals surface area contributed by atoms with Crippen molar-refractivity contribution in [2.45, 2.75) is 19.3 Å². The van der Waals surface area contributed by atoms with E-state index in [0.29, 0.717) is 30.3 Å². The molecular formula is C20H25FN6O. The molecule has 1 aliphatic heterocycles. The van der Waals surface area contributed by atoms with E-state index in [0.717, 1.165) is 24.2 Å². The number of aliphatic imine (C=N–C) groups is 1. The number of amidine groups is 1.